The van der Waals surface area contributed by atoms with E-state index in [1.54, 1.807) is 0 Å². The van der Waals surface area contributed by atoms with E-state index in [1.165, 1.54) is 12.1 Å². The molecule has 1 fully saturated rings. The maximum absolute atomic E-state index is 12.9. The van der Waals surface area contributed by atoms with Gasteiger partial charge in [0.1, 0.15) is 0 Å². The third-order valence-electron chi connectivity index (χ3n) is 3.33. The van der Waals surface area contributed by atoms with Gasteiger partial charge in [0.2, 0.25) is 0 Å². The van der Waals surface area contributed by atoms with Crippen LogP contribution in [0.25, 0.3) is 0 Å². The predicted octanol–water partition coefficient (Wildman–Crippen LogP) is 4.00. The molecule has 0 bridgehead atoms. The predicted molar refractivity (Wildman–Crippen MR) is 58.5 cm³/mol. The smallest absolute Gasteiger partial charge is 0.384 e. The molecule has 0 saturated heterocycles. The Morgan fingerprint density at radius 1 is 1.31 bits per heavy atom. The lowest BCUT2D eigenvalue weighted by atomic mass is 9.97. The molecule has 2 atom stereocenters. The molecule has 2 aliphatic rings. The summed E-state index contributed by atoms with van der Waals surface area (Å²) in [5, 5.41) is 3.09. The van der Waals surface area contributed by atoms with Crippen molar-refractivity contribution < 1.29 is 13.2 Å². The maximum atomic E-state index is 12.9. The minimum Gasteiger partial charge on any atom is -0.384 e. The van der Waals surface area contributed by atoms with Gasteiger partial charge in [0.05, 0.1) is 11.3 Å². The number of benzene rings is 1. The van der Waals surface area contributed by atoms with Crippen LogP contribution in [0.5, 0.6) is 0 Å². The molecule has 1 aliphatic carbocycles. The lowest BCUT2D eigenvalue weighted by Gasteiger charge is -2.23. The summed E-state index contributed by atoms with van der Waals surface area (Å²) in [5.41, 5.74) is 0.608. The van der Waals surface area contributed by atoms with Crippen LogP contribution in [0.3, 0.4) is 0 Å². The summed E-state index contributed by atoms with van der Waals surface area (Å²) >= 11 is 3.30. The van der Waals surface area contributed by atoms with Gasteiger partial charge in [0.15, 0.2) is 0 Å². The van der Waals surface area contributed by atoms with Gasteiger partial charge in [-0.15, -0.1) is 0 Å². The van der Waals surface area contributed by atoms with Crippen molar-refractivity contribution in [1.82, 2.24) is 0 Å². The van der Waals surface area contributed by atoms with E-state index in [0.717, 1.165) is 17.4 Å². The number of nitrogens with one attached hydrogen (secondary N) is 1. The van der Waals surface area contributed by atoms with E-state index < -0.39 is 11.7 Å². The van der Waals surface area contributed by atoms with E-state index >= 15 is 0 Å². The van der Waals surface area contributed by atoms with Crippen molar-refractivity contribution in [3.63, 3.8) is 0 Å². The molecule has 2 unspecified atom stereocenters. The molecule has 1 saturated carbocycles. The Bertz CT molecular complexity index is 455. The van der Waals surface area contributed by atoms with Crippen molar-refractivity contribution in [2.75, 3.05) is 11.9 Å². The number of rotatable bonds is 0. The number of halogens is 4. The van der Waals surface area contributed by atoms with Gasteiger partial charge in [0.25, 0.3) is 0 Å². The molecule has 1 aromatic rings. The van der Waals surface area contributed by atoms with Crippen molar-refractivity contribution >= 4 is 21.6 Å². The van der Waals surface area contributed by atoms with Crippen LogP contribution in [-0.2, 0) is 6.18 Å². The summed E-state index contributed by atoms with van der Waals surface area (Å²) in [6, 6.07) is 2.64. The molecule has 0 radical (unpaired) electrons. The fourth-order valence-electron chi connectivity index (χ4n) is 2.46. The van der Waals surface area contributed by atoms with Gasteiger partial charge in [-0.1, -0.05) is 0 Å². The lowest BCUT2D eigenvalue weighted by molar-refractivity contribution is -0.138. The van der Waals surface area contributed by atoms with E-state index in [9.17, 15) is 13.2 Å². The summed E-state index contributed by atoms with van der Waals surface area (Å²) in [4.78, 5) is 0. The number of anilines is 1. The van der Waals surface area contributed by atoms with E-state index in [1.807, 2.05) is 0 Å². The molecule has 1 aromatic carbocycles. The molecule has 0 aromatic heterocycles. The first-order valence-corrected chi connectivity index (χ1v) is 5.91. The monoisotopic (exact) mass is 291 g/mol. The van der Waals surface area contributed by atoms with Crippen LogP contribution in [0.4, 0.5) is 18.9 Å². The Morgan fingerprint density at radius 3 is 2.75 bits per heavy atom. The van der Waals surface area contributed by atoms with Crippen LogP contribution >= 0.6 is 15.9 Å². The van der Waals surface area contributed by atoms with Crippen molar-refractivity contribution in [3.8, 4) is 0 Å². The Balaban J connectivity index is 2.21. The number of fused-ring (bicyclic) bond motifs is 3. The van der Waals surface area contributed by atoms with Gasteiger partial charge >= 0.3 is 6.18 Å². The number of alkyl halides is 3. The topological polar surface area (TPSA) is 12.0 Å². The van der Waals surface area contributed by atoms with Crippen LogP contribution in [0.1, 0.15) is 23.5 Å². The van der Waals surface area contributed by atoms with Crippen LogP contribution in [-0.4, -0.2) is 6.54 Å². The fraction of sp³-hybridized carbons (Fsp3) is 0.455. The first kappa shape index (κ1) is 10.4. The molecule has 1 N–H and O–H groups in total. The molecule has 16 heavy (non-hydrogen) atoms. The average Bonchev–Trinajstić information content (AvgIpc) is 2.94. The van der Waals surface area contributed by atoms with E-state index in [-0.39, 0.29) is 5.92 Å². The molecule has 0 spiro atoms. The SMILES string of the molecule is FC(F)(F)c1ccc(Br)c2c1C1CC1CN2. The van der Waals surface area contributed by atoms with Crippen molar-refractivity contribution in [3.05, 3.63) is 27.7 Å². The third kappa shape index (κ3) is 1.44. The van der Waals surface area contributed by atoms with Crippen LogP contribution < -0.4 is 5.32 Å². The first-order chi connectivity index (χ1) is 7.48. The number of hydrogen-bond acceptors (Lipinski definition) is 1. The van der Waals surface area contributed by atoms with Gasteiger partial charge in [0, 0.05) is 11.0 Å². The van der Waals surface area contributed by atoms with E-state index in [0.29, 0.717) is 17.2 Å². The fourth-order valence-corrected chi connectivity index (χ4v) is 2.95. The molecular formula is C11H9BrF3N. The molecule has 3 rings (SSSR count). The highest BCUT2D eigenvalue weighted by Gasteiger charge is 2.48. The molecule has 5 heteroatoms. The lowest BCUT2D eigenvalue weighted by Crippen LogP contribution is -2.17. The summed E-state index contributed by atoms with van der Waals surface area (Å²) in [6.45, 7) is 0.789. The van der Waals surface area contributed by atoms with Gasteiger partial charge in [-0.2, -0.15) is 13.2 Å². The van der Waals surface area contributed by atoms with Gasteiger partial charge in [-0.3, -0.25) is 0 Å². The third-order valence-corrected chi connectivity index (χ3v) is 4.00. The Morgan fingerprint density at radius 2 is 2.06 bits per heavy atom. The molecule has 1 aliphatic heterocycles. The summed E-state index contributed by atoms with van der Waals surface area (Å²) in [7, 11) is 0. The van der Waals surface area contributed by atoms with Crippen molar-refractivity contribution in [1.29, 1.82) is 0 Å². The van der Waals surface area contributed by atoms with E-state index in [4.69, 9.17) is 0 Å². The summed E-state index contributed by atoms with van der Waals surface area (Å²) in [5.74, 6) is 0.494. The van der Waals surface area contributed by atoms with E-state index in [2.05, 4.69) is 21.2 Å². The second-order valence-electron chi connectivity index (χ2n) is 4.36. The van der Waals surface area contributed by atoms with Gasteiger partial charge in [-0.25, -0.2) is 0 Å². The Hall–Kier alpha value is -0.710. The second-order valence-corrected chi connectivity index (χ2v) is 5.22. The zero-order chi connectivity index (χ0) is 11.5. The zero-order valence-corrected chi connectivity index (χ0v) is 9.82. The average molecular weight is 292 g/mol. The molecule has 1 nitrogen and oxygen atoms in total. The van der Waals surface area contributed by atoms with Crippen LogP contribution in [0, 0.1) is 5.92 Å². The van der Waals surface area contributed by atoms with Crippen LogP contribution in [0.15, 0.2) is 16.6 Å². The van der Waals surface area contributed by atoms with Crippen LogP contribution in [0.2, 0.25) is 0 Å². The highest BCUT2D eigenvalue weighted by atomic mass is 79.9. The molecule has 86 valence electrons. The zero-order valence-electron chi connectivity index (χ0n) is 8.24. The Kier molecular flexibility index (Phi) is 2.06. The summed E-state index contributed by atoms with van der Waals surface area (Å²) < 4.78 is 39.3. The quantitative estimate of drug-likeness (QED) is 0.762. The minimum atomic E-state index is -4.25. The molecule has 0 amide bonds. The highest BCUT2D eigenvalue weighted by Crippen LogP contribution is 2.57. The molecular weight excluding hydrogens is 283 g/mol. The first-order valence-electron chi connectivity index (χ1n) is 5.12. The molecule has 1 heterocycles. The Labute approximate surface area is 99.2 Å². The minimum absolute atomic E-state index is 0.102. The largest absolute Gasteiger partial charge is 0.416 e. The second kappa shape index (κ2) is 3.15. The summed E-state index contributed by atoms with van der Waals surface area (Å²) in [6.07, 6.45) is -3.38. The number of hydrogen-bond donors (Lipinski definition) is 1. The highest BCUT2D eigenvalue weighted by molar-refractivity contribution is 9.10. The van der Waals surface area contributed by atoms with Crippen molar-refractivity contribution in [2.24, 2.45) is 5.92 Å². The van der Waals surface area contributed by atoms with Gasteiger partial charge < -0.3 is 5.32 Å². The van der Waals surface area contributed by atoms with Gasteiger partial charge in [-0.05, 0) is 51.9 Å². The standard InChI is InChI=1S/C11H9BrF3N/c12-8-2-1-7(11(13,14)15)9-6-3-5(6)4-16-10(8)9/h1-2,5-6,16H,3-4H2. The normalized spacial score (nSPS) is 26.8. The van der Waals surface area contributed by atoms with Crippen molar-refractivity contribution in [2.45, 2.75) is 18.5 Å². The maximum Gasteiger partial charge on any atom is 0.416 e.